The van der Waals surface area contributed by atoms with Crippen LogP contribution in [0.4, 0.5) is 11.4 Å². The molecule has 0 spiro atoms. The first-order valence-electron chi connectivity index (χ1n) is 7.60. The zero-order chi connectivity index (χ0) is 17.9. The fourth-order valence-corrected chi connectivity index (χ4v) is 2.15. The molecule has 1 saturated heterocycles. The van der Waals surface area contributed by atoms with E-state index in [0.717, 1.165) is 0 Å². The van der Waals surface area contributed by atoms with E-state index < -0.39 is 11.6 Å². The number of amides is 1. The number of nitrogens with zero attached hydrogens (tertiary/aromatic N) is 5. The molecule has 1 atom stereocenters. The second-order valence-corrected chi connectivity index (χ2v) is 6.53. The first kappa shape index (κ1) is 17.5. The van der Waals surface area contributed by atoms with Crippen LogP contribution in [0.15, 0.2) is 29.5 Å². The Bertz CT molecular complexity index is 690. The number of carbonyl (C=O) groups excluding carboxylic acids is 1. The lowest BCUT2D eigenvalue weighted by molar-refractivity contribution is -0.720. The summed E-state index contributed by atoms with van der Waals surface area (Å²) in [4.78, 5) is 22.8. The van der Waals surface area contributed by atoms with Crippen molar-refractivity contribution in [3.8, 4) is 0 Å². The number of hydrazine groups is 1. The summed E-state index contributed by atoms with van der Waals surface area (Å²) in [5, 5.41) is 16.7. The lowest BCUT2D eigenvalue weighted by Crippen LogP contribution is -2.42. The molecule has 1 aliphatic rings. The van der Waals surface area contributed by atoms with Gasteiger partial charge in [0.25, 0.3) is 5.91 Å². The van der Waals surface area contributed by atoms with Crippen molar-refractivity contribution < 1.29 is 14.6 Å². The highest BCUT2D eigenvalue weighted by molar-refractivity contribution is 5.99. The maximum atomic E-state index is 12.4. The van der Waals surface area contributed by atoms with Gasteiger partial charge in [-0.15, -0.1) is 5.01 Å². The van der Waals surface area contributed by atoms with Crippen LogP contribution in [0.3, 0.4) is 0 Å². The fourth-order valence-electron chi connectivity index (χ4n) is 2.15. The fraction of sp³-hybridized carbons (Fsp3) is 0.500. The van der Waals surface area contributed by atoms with E-state index in [4.69, 9.17) is 11.4 Å². The summed E-state index contributed by atoms with van der Waals surface area (Å²) in [5.41, 5.74) is 0.692. The molecule has 0 unspecified atom stereocenters. The lowest BCUT2D eigenvalue weighted by atomic mass is 10.1. The highest BCUT2D eigenvalue weighted by Crippen LogP contribution is 2.27. The Kier molecular flexibility index (Phi) is 4.93. The first-order valence-corrected chi connectivity index (χ1v) is 7.60. The summed E-state index contributed by atoms with van der Waals surface area (Å²) >= 11 is 0. The molecule has 24 heavy (non-hydrogen) atoms. The SMILES string of the molecule is [C-]#[N+]c1cccc(N2CC[C@@H](O/N=[N+](\[O-])N(C)C(C)(C)C)C2=O)c1. The van der Waals surface area contributed by atoms with Gasteiger partial charge in [0, 0.05) is 18.7 Å². The molecule has 0 N–H and O–H groups in total. The molecule has 2 rings (SSSR count). The van der Waals surface area contributed by atoms with Crippen molar-refractivity contribution in [1.82, 2.24) is 5.01 Å². The molecule has 8 nitrogen and oxygen atoms in total. The number of hydrogen-bond acceptors (Lipinski definition) is 4. The molecule has 0 bridgehead atoms. The standard InChI is InChI=1S/C16H21N5O3/c1-16(2,3)19(5)21(23)18-24-14-9-10-20(15(14)22)13-8-6-7-12(11-13)17-4/h6-8,11,14H,9-10H2,1-3,5H3/b21-18-/t14-/m1/s1. The van der Waals surface area contributed by atoms with Crippen LogP contribution in [0.2, 0.25) is 0 Å². The third-order valence-electron chi connectivity index (χ3n) is 3.90. The van der Waals surface area contributed by atoms with Crippen molar-refractivity contribution in [3.63, 3.8) is 0 Å². The monoisotopic (exact) mass is 331 g/mol. The van der Waals surface area contributed by atoms with Crippen molar-refractivity contribution >= 4 is 17.3 Å². The quantitative estimate of drug-likeness (QED) is 0.368. The maximum absolute atomic E-state index is 12.4. The number of anilines is 1. The van der Waals surface area contributed by atoms with Crippen LogP contribution in [0.25, 0.3) is 4.85 Å². The largest absolute Gasteiger partial charge is 0.569 e. The molecular formula is C16H21N5O3. The summed E-state index contributed by atoms with van der Waals surface area (Å²) in [6.07, 6.45) is -0.371. The van der Waals surface area contributed by atoms with Gasteiger partial charge in [-0.1, -0.05) is 12.1 Å². The van der Waals surface area contributed by atoms with Crippen LogP contribution in [0.1, 0.15) is 27.2 Å². The number of hydrogen-bond donors (Lipinski definition) is 0. The van der Waals surface area contributed by atoms with Crippen LogP contribution in [0, 0.1) is 11.8 Å². The predicted molar refractivity (Wildman–Crippen MR) is 88.1 cm³/mol. The third kappa shape index (κ3) is 3.74. The van der Waals surface area contributed by atoms with Crippen LogP contribution in [0.5, 0.6) is 0 Å². The van der Waals surface area contributed by atoms with Crippen LogP contribution in [-0.2, 0) is 9.63 Å². The van der Waals surface area contributed by atoms with E-state index in [0.29, 0.717) is 29.3 Å². The van der Waals surface area contributed by atoms with Gasteiger partial charge in [-0.05, 0) is 32.9 Å². The van der Waals surface area contributed by atoms with Crippen molar-refractivity contribution in [1.29, 1.82) is 0 Å². The summed E-state index contributed by atoms with van der Waals surface area (Å²) in [6.45, 7) is 13.1. The lowest BCUT2D eigenvalue weighted by Gasteiger charge is -2.26. The van der Waals surface area contributed by atoms with Gasteiger partial charge >= 0.3 is 0 Å². The third-order valence-corrected chi connectivity index (χ3v) is 3.90. The molecule has 1 fully saturated rings. The zero-order valence-corrected chi connectivity index (χ0v) is 14.3. The highest BCUT2D eigenvalue weighted by atomic mass is 16.7. The van der Waals surface area contributed by atoms with Gasteiger partial charge in [-0.25, -0.2) is 4.85 Å². The van der Waals surface area contributed by atoms with Crippen molar-refractivity contribution in [2.45, 2.75) is 38.8 Å². The molecule has 1 heterocycles. The first-order chi connectivity index (χ1) is 11.2. The van der Waals surface area contributed by atoms with E-state index in [1.165, 1.54) is 9.91 Å². The minimum absolute atomic E-state index is 0.271. The van der Waals surface area contributed by atoms with Gasteiger partial charge < -0.3 is 14.9 Å². The maximum Gasteiger partial charge on any atom is 0.271 e. The molecule has 1 aliphatic heterocycles. The van der Waals surface area contributed by atoms with Gasteiger partial charge in [-0.3, -0.25) is 4.79 Å². The van der Waals surface area contributed by atoms with E-state index in [9.17, 15) is 10.0 Å². The molecular weight excluding hydrogens is 310 g/mol. The van der Waals surface area contributed by atoms with Crippen molar-refractivity contribution in [3.05, 3.63) is 40.9 Å². The summed E-state index contributed by atoms with van der Waals surface area (Å²) < 4.78 is 0. The van der Waals surface area contributed by atoms with Crippen LogP contribution < -0.4 is 4.90 Å². The molecule has 0 radical (unpaired) electrons. The zero-order valence-electron chi connectivity index (χ0n) is 14.3. The minimum Gasteiger partial charge on any atom is -0.569 e. The average molecular weight is 331 g/mol. The predicted octanol–water partition coefficient (Wildman–Crippen LogP) is 2.88. The van der Waals surface area contributed by atoms with Gasteiger partial charge in [-0.2, -0.15) is 0 Å². The number of benzene rings is 1. The average Bonchev–Trinajstić information content (AvgIpc) is 2.91. The molecule has 128 valence electrons. The molecule has 1 aromatic rings. The summed E-state index contributed by atoms with van der Waals surface area (Å²) in [5.74, 6) is -0.271. The van der Waals surface area contributed by atoms with Crippen LogP contribution in [-0.4, -0.2) is 41.1 Å². The summed E-state index contributed by atoms with van der Waals surface area (Å²) in [7, 11) is 1.60. The topological polar surface area (TPSA) is 75.6 Å². The number of carbonyl (C=O) groups is 1. The van der Waals surface area contributed by atoms with Gasteiger partial charge in [0.1, 0.15) is 0 Å². The molecule has 1 amide bonds. The second kappa shape index (κ2) is 6.74. The Morgan fingerprint density at radius 1 is 1.50 bits per heavy atom. The normalized spacial score (nSPS) is 18.5. The Morgan fingerprint density at radius 2 is 2.21 bits per heavy atom. The molecule has 1 aromatic carbocycles. The smallest absolute Gasteiger partial charge is 0.271 e. The molecule has 8 heteroatoms. The Morgan fingerprint density at radius 3 is 2.83 bits per heavy atom. The Hall–Kier alpha value is -2.82. The van der Waals surface area contributed by atoms with E-state index in [2.05, 4.69) is 10.1 Å². The molecule has 0 aliphatic carbocycles. The number of rotatable bonds is 4. The van der Waals surface area contributed by atoms with E-state index in [-0.39, 0.29) is 5.91 Å². The Balaban J connectivity index is 2.05. The van der Waals surface area contributed by atoms with Gasteiger partial charge in [0.2, 0.25) is 11.4 Å². The van der Waals surface area contributed by atoms with Crippen molar-refractivity contribution in [2.24, 2.45) is 5.28 Å². The van der Waals surface area contributed by atoms with Crippen molar-refractivity contribution in [2.75, 3.05) is 18.5 Å². The second-order valence-electron chi connectivity index (χ2n) is 6.53. The summed E-state index contributed by atoms with van der Waals surface area (Å²) in [6, 6.07) is 6.82. The van der Waals surface area contributed by atoms with E-state index in [1.54, 1.807) is 31.3 Å². The molecule has 0 aromatic heterocycles. The molecule has 0 saturated carbocycles. The van der Waals surface area contributed by atoms with Crippen LogP contribution >= 0.6 is 0 Å². The van der Waals surface area contributed by atoms with E-state index >= 15 is 0 Å². The minimum atomic E-state index is -0.800. The highest BCUT2D eigenvalue weighted by Gasteiger charge is 2.36. The van der Waals surface area contributed by atoms with Gasteiger partial charge in [0.05, 0.1) is 24.1 Å². The van der Waals surface area contributed by atoms with Gasteiger partial charge in [0.15, 0.2) is 5.69 Å². The van der Waals surface area contributed by atoms with E-state index in [1.807, 2.05) is 20.8 Å². The Labute approximate surface area is 141 Å².